The molecule has 0 aromatic heterocycles. The van der Waals surface area contributed by atoms with E-state index in [1.54, 1.807) is 45.0 Å². The molecule has 0 radical (unpaired) electrons. The van der Waals surface area contributed by atoms with Crippen molar-refractivity contribution in [3.8, 4) is 0 Å². The first kappa shape index (κ1) is 19.5. The molecule has 1 aromatic carbocycles. The van der Waals surface area contributed by atoms with Crippen molar-refractivity contribution in [2.24, 2.45) is 0 Å². The third-order valence-electron chi connectivity index (χ3n) is 2.94. The molecule has 7 heteroatoms. The molecule has 0 saturated heterocycles. The number of carboxylic acids is 1. The molecular formula is C17H24N2O5. The second kappa shape index (κ2) is 8.90. The summed E-state index contributed by atoms with van der Waals surface area (Å²) in [4.78, 5) is 34.4. The summed E-state index contributed by atoms with van der Waals surface area (Å²) in [6.45, 7) is 5.34. The van der Waals surface area contributed by atoms with Gasteiger partial charge in [0, 0.05) is 13.0 Å². The second-order valence-electron chi connectivity index (χ2n) is 6.31. The minimum absolute atomic E-state index is 0.0300. The van der Waals surface area contributed by atoms with Crippen LogP contribution in [0.15, 0.2) is 30.3 Å². The molecule has 132 valence electrons. The fourth-order valence-corrected chi connectivity index (χ4v) is 1.97. The van der Waals surface area contributed by atoms with Gasteiger partial charge in [-0.05, 0) is 26.3 Å². The zero-order valence-corrected chi connectivity index (χ0v) is 14.2. The van der Waals surface area contributed by atoms with Crippen molar-refractivity contribution >= 4 is 18.0 Å². The largest absolute Gasteiger partial charge is 0.481 e. The van der Waals surface area contributed by atoms with E-state index < -0.39 is 23.7 Å². The van der Waals surface area contributed by atoms with Crippen molar-refractivity contribution < 1.29 is 24.2 Å². The third kappa shape index (κ3) is 8.17. The molecular weight excluding hydrogens is 312 g/mol. The molecule has 0 aliphatic rings. The van der Waals surface area contributed by atoms with Gasteiger partial charge < -0.3 is 20.5 Å². The van der Waals surface area contributed by atoms with Gasteiger partial charge in [-0.15, -0.1) is 0 Å². The quantitative estimate of drug-likeness (QED) is 0.708. The lowest BCUT2D eigenvalue weighted by molar-refractivity contribution is -0.137. The summed E-state index contributed by atoms with van der Waals surface area (Å²) < 4.78 is 5.06. The number of carbonyl (C=O) groups excluding carboxylic acids is 2. The highest BCUT2D eigenvalue weighted by Gasteiger charge is 2.19. The molecule has 0 spiro atoms. The van der Waals surface area contributed by atoms with Gasteiger partial charge in [0.15, 0.2) is 0 Å². The minimum Gasteiger partial charge on any atom is -0.481 e. The van der Waals surface area contributed by atoms with Gasteiger partial charge in [0.25, 0.3) is 0 Å². The number of carboxylic acid groups (broad SMARTS) is 1. The van der Waals surface area contributed by atoms with Gasteiger partial charge in [-0.2, -0.15) is 0 Å². The summed E-state index contributed by atoms with van der Waals surface area (Å²) in [6.07, 6.45) is -0.780. The number of hydrogen-bond acceptors (Lipinski definition) is 4. The van der Waals surface area contributed by atoms with Crippen LogP contribution >= 0.6 is 0 Å². The topological polar surface area (TPSA) is 105 Å². The van der Waals surface area contributed by atoms with Crippen LogP contribution in [0.3, 0.4) is 0 Å². The van der Waals surface area contributed by atoms with E-state index in [0.717, 1.165) is 0 Å². The molecule has 0 aliphatic heterocycles. The summed E-state index contributed by atoms with van der Waals surface area (Å²) in [5.41, 5.74) is 0.111. The Bertz CT molecular complexity index is 566. The number of aliphatic carboxylic acids is 1. The van der Waals surface area contributed by atoms with Gasteiger partial charge in [-0.25, -0.2) is 4.79 Å². The molecule has 1 unspecified atom stereocenters. The van der Waals surface area contributed by atoms with Crippen LogP contribution in [0.2, 0.25) is 0 Å². The lowest BCUT2D eigenvalue weighted by Gasteiger charge is -2.20. The lowest BCUT2D eigenvalue weighted by atomic mass is 10.0. The van der Waals surface area contributed by atoms with Crippen molar-refractivity contribution in [3.63, 3.8) is 0 Å². The first-order valence-electron chi connectivity index (χ1n) is 7.70. The Hall–Kier alpha value is -2.57. The number of alkyl carbamates (subject to hydrolysis) is 1. The Balaban J connectivity index is 2.48. The number of carbonyl (C=O) groups is 3. The molecule has 0 saturated carbocycles. The Morgan fingerprint density at radius 2 is 1.79 bits per heavy atom. The van der Waals surface area contributed by atoms with E-state index in [9.17, 15) is 14.4 Å². The molecule has 24 heavy (non-hydrogen) atoms. The molecule has 0 fully saturated rings. The first-order chi connectivity index (χ1) is 11.2. The number of ether oxygens (including phenoxy) is 1. The maximum absolute atomic E-state index is 12.0. The van der Waals surface area contributed by atoms with Crippen molar-refractivity contribution in [1.29, 1.82) is 0 Å². The maximum Gasteiger partial charge on any atom is 0.407 e. The Morgan fingerprint density at radius 3 is 2.33 bits per heavy atom. The van der Waals surface area contributed by atoms with Gasteiger partial charge in [0.2, 0.25) is 5.91 Å². The second-order valence-corrected chi connectivity index (χ2v) is 6.31. The van der Waals surface area contributed by atoms with Crippen LogP contribution in [0, 0.1) is 0 Å². The number of amides is 2. The first-order valence-corrected chi connectivity index (χ1v) is 7.70. The summed E-state index contributed by atoms with van der Waals surface area (Å²) in [6, 6.07) is 8.27. The molecule has 1 atom stereocenters. The standard InChI is InChI=1S/C17H24N2O5/c1-17(2,3)24-16(23)18-10-9-14(20)19-13(11-15(21)22)12-7-5-4-6-8-12/h4-8,13H,9-11H2,1-3H3,(H,18,23)(H,19,20)(H,21,22). The van der Waals surface area contributed by atoms with Crippen LogP contribution in [-0.4, -0.2) is 35.2 Å². The van der Waals surface area contributed by atoms with Crippen LogP contribution in [0.25, 0.3) is 0 Å². The SMILES string of the molecule is CC(C)(C)OC(=O)NCCC(=O)NC(CC(=O)O)c1ccccc1. The fourth-order valence-electron chi connectivity index (χ4n) is 1.97. The summed E-state index contributed by atoms with van der Waals surface area (Å²) in [5, 5.41) is 14.2. The smallest absolute Gasteiger partial charge is 0.407 e. The third-order valence-corrected chi connectivity index (χ3v) is 2.94. The van der Waals surface area contributed by atoms with Crippen LogP contribution in [0.4, 0.5) is 4.79 Å². The van der Waals surface area contributed by atoms with Crippen molar-refractivity contribution in [2.75, 3.05) is 6.54 Å². The molecule has 3 N–H and O–H groups in total. The zero-order chi connectivity index (χ0) is 18.2. The van der Waals surface area contributed by atoms with Gasteiger partial charge in [-0.1, -0.05) is 30.3 Å². The highest BCUT2D eigenvalue weighted by atomic mass is 16.6. The molecule has 0 aliphatic carbocycles. The number of hydrogen-bond donors (Lipinski definition) is 3. The number of rotatable bonds is 7. The maximum atomic E-state index is 12.0. The Morgan fingerprint density at radius 1 is 1.17 bits per heavy atom. The van der Waals surface area contributed by atoms with E-state index in [0.29, 0.717) is 5.56 Å². The van der Waals surface area contributed by atoms with Crippen LogP contribution < -0.4 is 10.6 Å². The Labute approximate surface area is 141 Å². The Kier molecular flexibility index (Phi) is 7.23. The highest BCUT2D eigenvalue weighted by Crippen LogP contribution is 2.16. The van der Waals surface area contributed by atoms with E-state index in [4.69, 9.17) is 9.84 Å². The highest BCUT2D eigenvalue weighted by molar-refractivity contribution is 5.78. The van der Waals surface area contributed by atoms with Gasteiger partial charge in [-0.3, -0.25) is 9.59 Å². The fraction of sp³-hybridized carbons (Fsp3) is 0.471. The van der Waals surface area contributed by atoms with E-state index in [1.807, 2.05) is 6.07 Å². The van der Waals surface area contributed by atoms with Crippen LogP contribution in [0.5, 0.6) is 0 Å². The van der Waals surface area contributed by atoms with Crippen molar-refractivity contribution in [2.45, 2.75) is 45.3 Å². The van der Waals surface area contributed by atoms with Gasteiger partial charge in [0.05, 0.1) is 12.5 Å². The van der Waals surface area contributed by atoms with Crippen LogP contribution in [-0.2, 0) is 14.3 Å². The molecule has 2 amide bonds. The van der Waals surface area contributed by atoms with E-state index in [1.165, 1.54) is 0 Å². The number of nitrogens with one attached hydrogen (secondary N) is 2. The van der Waals surface area contributed by atoms with Crippen molar-refractivity contribution in [3.05, 3.63) is 35.9 Å². The zero-order valence-electron chi connectivity index (χ0n) is 14.2. The van der Waals surface area contributed by atoms with E-state index in [2.05, 4.69) is 10.6 Å². The average molecular weight is 336 g/mol. The monoisotopic (exact) mass is 336 g/mol. The average Bonchev–Trinajstić information content (AvgIpc) is 2.45. The molecule has 7 nitrogen and oxygen atoms in total. The molecule has 1 rings (SSSR count). The minimum atomic E-state index is -1.00. The predicted molar refractivity (Wildman–Crippen MR) is 88.4 cm³/mol. The molecule has 1 aromatic rings. The number of benzene rings is 1. The normalized spacial score (nSPS) is 12.1. The lowest BCUT2D eigenvalue weighted by Crippen LogP contribution is -2.36. The summed E-state index contributed by atoms with van der Waals surface area (Å²) in [7, 11) is 0. The van der Waals surface area contributed by atoms with E-state index in [-0.39, 0.29) is 25.3 Å². The van der Waals surface area contributed by atoms with E-state index >= 15 is 0 Å². The van der Waals surface area contributed by atoms with Gasteiger partial charge >= 0.3 is 12.1 Å². The summed E-state index contributed by atoms with van der Waals surface area (Å²) >= 11 is 0. The molecule has 0 heterocycles. The summed E-state index contributed by atoms with van der Waals surface area (Å²) in [5.74, 6) is -1.35. The predicted octanol–water partition coefficient (Wildman–Crippen LogP) is 2.23. The van der Waals surface area contributed by atoms with Gasteiger partial charge in [0.1, 0.15) is 5.60 Å². The van der Waals surface area contributed by atoms with Crippen LogP contribution in [0.1, 0.15) is 45.2 Å². The van der Waals surface area contributed by atoms with Crippen molar-refractivity contribution in [1.82, 2.24) is 10.6 Å². The molecule has 0 bridgehead atoms.